The molecule has 0 amide bonds. The third-order valence-electron chi connectivity index (χ3n) is 4.89. The van der Waals surface area contributed by atoms with Gasteiger partial charge in [-0.3, -0.25) is 0 Å². The second-order valence-corrected chi connectivity index (χ2v) is 8.60. The van der Waals surface area contributed by atoms with Gasteiger partial charge in [-0.25, -0.2) is 4.68 Å². The standard InChI is InChI=1S/C26H18ClN3S/c27-22-12-14-24(15-13-22)30-18-23(28-29-30)17-26(31-25-8-2-1-3-9-25)21-11-10-19-6-4-5-7-20(19)16-21/h1-18H/b26-17-. The van der Waals surface area contributed by atoms with E-state index in [-0.39, 0.29) is 0 Å². The Labute approximate surface area is 190 Å². The van der Waals surface area contributed by atoms with Crippen LogP contribution in [0.3, 0.4) is 0 Å². The summed E-state index contributed by atoms with van der Waals surface area (Å²) in [6.07, 6.45) is 4.01. The van der Waals surface area contributed by atoms with Gasteiger partial charge in [0, 0.05) is 14.8 Å². The molecule has 1 heterocycles. The van der Waals surface area contributed by atoms with E-state index in [4.69, 9.17) is 11.6 Å². The Morgan fingerprint density at radius 3 is 2.35 bits per heavy atom. The number of rotatable bonds is 5. The van der Waals surface area contributed by atoms with Crippen molar-refractivity contribution in [2.24, 2.45) is 0 Å². The molecule has 0 saturated carbocycles. The third kappa shape index (κ3) is 4.55. The molecule has 0 unspecified atom stereocenters. The van der Waals surface area contributed by atoms with Gasteiger partial charge < -0.3 is 0 Å². The van der Waals surface area contributed by atoms with Crippen molar-refractivity contribution in [2.75, 3.05) is 0 Å². The van der Waals surface area contributed by atoms with Crippen LogP contribution in [0.4, 0.5) is 0 Å². The first-order chi connectivity index (χ1) is 15.2. The number of aromatic nitrogens is 3. The van der Waals surface area contributed by atoms with Crippen LogP contribution in [0.15, 0.2) is 108 Å². The Morgan fingerprint density at radius 1 is 0.806 bits per heavy atom. The minimum absolute atomic E-state index is 0.696. The largest absolute Gasteiger partial charge is 0.220 e. The Balaban J connectivity index is 1.54. The summed E-state index contributed by atoms with van der Waals surface area (Å²) in [6.45, 7) is 0. The lowest BCUT2D eigenvalue weighted by atomic mass is 10.1. The molecule has 31 heavy (non-hydrogen) atoms. The molecule has 150 valence electrons. The highest BCUT2D eigenvalue weighted by Gasteiger charge is 2.09. The molecule has 0 radical (unpaired) electrons. The number of thioether (sulfide) groups is 1. The van der Waals surface area contributed by atoms with Crippen molar-refractivity contribution in [1.29, 1.82) is 0 Å². The normalized spacial score (nSPS) is 11.7. The van der Waals surface area contributed by atoms with Crippen LogP contribution in [-0.2, 0) is 0 Å². The quantitative estimate of drug-likeness (QED) is 0.268. The van der Waals surface area contributed by atoms with Crippen molar-refractivity contribution in [3.8, 4) is 5.69 Å². The van der Waals surface area contributed by atoms with E-state index in [0.717, 1.165) is 21.8 Å². The second kappa shape index (κ2) is 8.80. The highest BCUT2D eigenvalue weighted by molar-refractivity contribution is 8.08. The number of hydrogen-bond donors (Lipinski definition) is 0. The van der Waals surface area contributed by atoms with Crippen molar-refractivity contribution in [1.82, 2.24) is 15.0 Å². The van der Waals surface area contributed by atoms with Gasteiger partial charge in [-0.05, 0) is 64.9 Å². The average molecular weight is 440 g/mol. The fraction of sp³-hybridized carbons (Fsp3) is 0. The Morgan fingerprint density at radius 2 is 1.55 bits per heavy atom. The van der Waals surface area contributed by atoms with Crippen LogP contribution in [0.1, 0.15) is 11.3 Å². The van der Waals surface area contributed by atoms with Crippen LogP contribution in [-0.4, -0.2) is 15.0 Å². The molecule has 3 nitrogen and oxygen atoms in total. The summed E-state index contributed by atoms with van der Waals surface area (Å²) in [6, 6.07) is 32.8. The minimum atomic E-state index is 0.696. The van der Waals surface area contributed by atoms with Gasteiger partial charge in [0.25, 0.3) is 0 Å². The first kappa shape index (κ1) is 19.6. The molecule has 0 spiro atoms. The summed E-state index contributed by atoms with van der Waals surface area (Å²) in [4.78, 5) is 2.28. The molecule has 0 atom stereocenters. The topological polar surface area (TPSA) is 30.7 Å². The van der Waals surface area contributed by atoms with E-state index in [1.165, 1.54) is 15.7 Å². The molecule has 0 fully saturated rings. The van der Waals surface area contributed by atoms with Gasteiger partial charge in [0.1, 0.15) is 5.69 Å². The lowest BCUT2D eigenvalue weighted by Gasteiger charge is -2.09. The Hall–Kier alpha value is -3.34. The predicted molar refractivity (Wildman–Crippen MR) is 130 cm³/mol. The van der Waals surface area contributed by atoms with E-state index >= 15 is 0 Å². The molecule has 0 saturated heterocycles. The molecule has 0 aliphatic carbocycles. The molecule has 5 aromatic rings. The number of halogens is 1. The van der Waals surface area contributed by atoms with E-state index in [1.807, 2.05) is 36.5 Å². The van der Waals surface area contributed by atoms with Gasteiger partial charge in [0.05, 0.1) is 11.9 Å². The van der Waals surface area contributed by atoms with Crippen LogP contribution in [0.25, 0.3) is 27.4 Å². The second-order valence-electron chi connectivity index (χ2n) is 7.05. The van der Waals surface area contributed by atoms with Crippen molar-refractivity contribution in [3.63, 3.8) is 0 Å². The molecule has 1 aromatic heterocycles. The van der Waals surface area contributed by atoms with Gasteiger partial charge in [-0.15, -0.1) is 5.10 Å². The van der Waals surface area contributed by atoms with Crippen LogP contribution < -0.4 is 0 Å². The minimum Gasteiger partial charge on any atom is -0.220 e. The molecule has 0 N–H and O–H groups in total. The molecular formula is C26H18ClN3S. The van der Waals surface area contributed by atoms with Gasteiger partial charge in [0.2, 0.25) is 0 Å². The zero-order valence-electron chi connectivity index (χ0n) is 16.5. The summed E-state index contributed by atoms with van der Waals surface area (Å²) in [7, 11) is 0. The number of nitrogens with zero attached hydrogens (tertiary/aromatic N) is 3. The SMILES string of the molecule is Clc1ccc(-n2cc(/C=C(\Sc3ccccc3)c3ccc4ccccc4c3)nn2)cc1. The van der Waals surface area contributed by atoms with Crippen molar-refractivity contribution in [2.45, 2.75) is 4.90 Å². The maximum absolute atomic E-state index is 6.00. The van der Waals surface area contributed by atoms with Gasteiger partial charge >= 0.3 is 0 Å². The summed E-state index contributed by atoms with van der Waals surface area (Å²) >= 11 is 7.72. The van der Waals surface area contributed by atoms with Crippen molar-refractivity contribution < 1.29 is 0 Å². The monoisotopic (exact) mass is 439 g/mol. The highest BCUT2D eigenvalue weighted by atomic mass is 35.5. The molecule has 5 heteroatoms. The fourth-order valence-corrected chi connectivity index (χ4v) is 4.42. The summed E-state index contributed by atoms with van der Waals surface area (Å²) < 4.78 is 1.76. The maximum atomic E-state index is 6.00. The first-order valence-electron chi connectivity index (χ1n) is 9.87. The van der Waals surface area contributed by atoms with Crippen LogP contribution in [0, 0.1) is 0 Å². The predicted octanol–water partition coefficient (Wildman–Crippen LogP) is 7.36. The van der Waals surface area contributed by atoms with Gasteiger partial charge in [-0.2, -0.15) is 0 Å². The number of hydrogen-bond acceptors (Lipinski definition) is 3. The van der Waals surface area contributed by atoms with E-state index in [2.05, 4.69) is 83.1 Å². The van der Waals surface area contributed by atoms with Gasteiger partial charge in [0.15, 0.2) is 0 Å². The lowest BCUT2D eigenvalue weighted by molar-refractivity contribution is 0.803. The summed E-state index contributed by atoms with van der Waals surface area (Å²) in [5.41, 5.74) is 2.86. The Kier molecular flexibility index (Phi) is 5.57. The van der Waals surface area contributed by atoms with Crippen LogP contribution in [0.5, 0.6) is 0 Å². The smallest absolute Gasteiger partial charge is 0.107 e. The molecule has 0 bridgehead atoms. The van der Waals surface area contributed by atoms with E-state index < -0.39 is 0 Å². The first-order valence-corrected chi connectivity index (χ1v) is 11.1. The third-order valence-corrected chi connectivity index (χ3v) is 6.22. The van der Waals surface area contributed by atoms with Crippen LogP contribution >= 0.6 is 23.4 Å². The van der Waals surface area contributed by atoms with Crippen molar-refractivity contribution >= 4 is 45.1 Å². The molecular weight excluding hydrogens is 422 g/mol. The molecule has 0 aliphatic rings. The maximum Gasteiger partial charge on any atom is 0.107 e. The lowest BCUT2D eigenvalue weighted by Crippen LogP contribution is -1.93. The van der Waals surface area contributed by atoms with E-state index in [9.17, 15) is 0 Å². The summed E-state index contributed by atoms with van der Waals surface area (Å²) in [5, 5.41) is 11.8. The zero-order valence-corrected chi connectivity index (χ0v) is 18.1. The van der Waals surface area contributed by atoms with Gasteiger partial charge in [-0.1, -0.05) is 83.2 Å². The Bertz CT molecular complexity index is 1360. The fourth-order valence-electron chi connectivity index (χ4n) is 3.33. The average Bonchev–Trinajstić information content (AvgIpc) is 3.28. The van der Waals surface area contributed by atoms with Crippen molar-refractivity contribution in [3.05, 3.63) is 120 Å². The number of fused-ring (bicyclic) bond motifs is 1. The number of benzene rings is 4. The summed E-state index contributed by atoms with van der Waals surface area (Å²) in [5.74, 6) is 0. The van der Waals surface area contributed by atoms with E-state index in [1.54, 1.807) is 16.4 Å². The van der Waals surface area contributed by atoms with Crippen LogP contribution in [0.2, 0.25) is 5.02 Å². The molecule has 0 aliphatic heterocycles. The molecule has 5 rings (SSSR count). The highest BCUT2D eigenvalue weighted by Crippen LogP contribution is 2.36. The molecule has 4 aromatic carbocycles. The zero-order chi connectivity index (χ0) is 21.0. The van der Waals surface area contributed by atoms with E-state index in [0.29, 0.717) is 5.02 Å².